The maximum atomic E-state index is 13.3. The van der Waals surface area contributed by atoms with Crippen LogP contribution in [-0.2, 0) is 4.79 Å². The van der Waals surface area contributed by atoms with Gasteiger partial charge in [0.05, 0.1) is 21.3 Å². The van der Waals surface area contributed by atoms with Crippen molar-refractivity contribution in [1.82, 2.24) is 4.90 Å². The summed E-state index contributed by atoms with van der Waals surface area (Å²) in [7, 11) is 0. The minimum absolute atomic E-state index is 0.000441. The number of carbonyl (C=O) groups excluding carboxylic acids is 1. The third-order valence-corrected chi connectivity index (χ3v) is 9.13. The normalized spacial score (nSPS) is 18.2. The molecule has 40 heavy (non-hydrogen) atoms. The Hall–Kier alpha value is -4.00. The number of amidine groups is 1. The molecule has 0 N–H and O–H groups in total. The monoisotopic (exact) mass is 559 g/mol. The first-order valence-corrected chi connectivity index (χ1v) is 15.1. The summed E-state index contributed by atoms with van der Waals surface area (Å²) < 4.78 is 0. The summed E-state index contributed by atoms with van der Waals surface area (Å²) >= 11 is 3.21. The Balaban J connectivity index is 1.22. The van der Waals surface area contributed by atoms with Crippen LogP contribution in [-0.4, -0.2) is 29.1 Å². The number of hydrogen-bond acceptors (Lipinski definition) is 5. The van der Waals surface area contributed by atoms with Gasteiger partial charge in [-0.3, -0.25) is 9.69 Å². The average molecular weight is 560 g/mol. The van der Waals surface area contributed by atoms with Crippen LogP contribution in [0.1, 0.15) is 25.0 Å². The molecule has 0 spiro atoms. The number of allylic oxidation sites excluding steroid dienone is 2. The van der Waals surface area contributed by atoms with Gasteiger partial charge in [-0.25, -0.2) is 4.99 Å². The number of anilines is 1. The van der Waals surface area contributed by atoms with E-state index in [0.717, 1.165) is 28.4 Å². The number of fused-ring (bicyclic) bond motifs is 3. The van der Waals surface area contributed by atoms with Crippen molar-refractivity contribution in [1.29, 1.82) is 0 Å². The van der Waals surface area contributed by atoms with Crippen molar-refractivity contribution in [2.75, 3.05) is 18.0 Å². The molecule has 198 valence electrons. The smallest absolute Gasteiger partial charge is 0.266 e. The molecule has 0 bridgehead atoms. The van der Waals surface area contributed by atoms with E-state index in [9.17, 15) is 4.79 Å². The van der Waals surface area contributed by atoms with E-state index in [1.165, 1.54) is 33.1 Å². The van der Waals surface area contributed by atoms with E-state index in [1.54, 1.807) is 16.7 Å². The molecule has 0 radical (unpaired) electrons. The first-order valence-electron chi connectivity index (χ1n) is 13.5. The second-order valence-electron chi connectivity index (χ2n) is 9.40. The van der Waals surface area contributed by atoms with Gasteiger partial charge in [-0.05, 0) is 77.9 Å². The zero-order valence-corrected chi connectivity index (χ0v) is 24.1. The number of thioether (sulfide) groups is 2. The van der Waals surface area contributed by atoms with Gasteiger partial charge >= 0.3 is 0 Å². The minimum atomic E-state index is -0.000441. The lowest BCUT2D eigenvalue weighted by molar-refractivity contribution is -0.122. The van der Waals surface area contributed by atoms with Crippen molar-refractivity contribution in [2.24, 2.45) is 4.99 Å². The Kier molecular flexibility index (Phi) is 7.62. The highest BCUT2D eigenvalue weighted by molar-refractivity contribution is 8.18. The summed E-state index contributed by atoms with van der Waals surface area (Å²) in [6.07, 6.45) is 8.22. The Labute approximate surface area is 243 Å². The molecule has 6 rings (SSSR count). The fourth-order valence-electron chi connectivity index (χ4n) is 4.84. The van der Waals surface area contributed by atoms with Gasteiger partial charge in [0.25, 0.3) is 5.91 Å². The lowest BCUT2D eigenvalue weighted by Gasteiger charge is -2.17. The molecule has 0 saturated carbocycles. The van der Waals surface area contributed by atoms with Crippen LogP contribution in [0.2, 0.25) is 0 Å². The van der Waals surface area contributed by atoms with E-state index < -0.39 is 0 Å². The van der Waals surface area contributed by atoms with Gasteiger partial charge in [0.2, 0.25) is 0 Å². The lowest BCUT2D eigenvalue weighted by Crippen LogP contribution is -2.28. The molecule has 2 heterocycles. The predicted molar refractivity (Wildman–Crippen MR) is 173 cm³/mol. The third-order valence-electron chi connectivity index (χ3n) is 6.91. The summed E-state index contributed by atoms with van der Waals surface area (Å²) in [5.74, 6) is -0.000441. The molecule has 0 aromatic heterocycles. The third kappa shape index (κ3) is 5.25. The molecule has 0 aliphatic carbocycles. The van der Waals surface area contributed by atoms with Crippen LogP contribution in [0.5, 0.6) is 0 Å². The summed E-state index contributed by atoms with van der Waals surface area (Å²) in [6, 6.07) is 31.2. The van der Waals surface area contributed by atoms with Crippen LogP contribution in [0.15, 0.2) is 123 Å². The van der Waals surface area contributed by atoms with Crippen molar-refractivity contribution >= 4 is 68.9 Å². The van der Waals surface area contributed by atoms with E-state index in [0.29, 0.717) is 16.6 Å². The van der Waals surface area contributed by atoms with E-state index in [2.05, 4.69) is 90.7 Å². The van der Waals surface area contributed by atoms with Crippen molar-refractivity contribution in [3.8, 4) is 0 Å². The standard InChI is InChI=1S/C34H29N3OS2/c1-3-36-29-21-18-26-12-8-9-13-28(26)32(29)40-31(36)23-22-30-33(38)37(4-2)34(39-30)35-27-19-16-25(17-20-27)15-14-24-10-6-5-7-11-24/h5-23H,3-4H2,1-2H3/b15-14+,30-22-,31-23-,35-34?. The molecule has 4 nitrogen and oxygen atoms in total. The highest BCUT2D eigenvalue weighted by atomic mass is 32.2. The maximum absolute atomic E-state index is 13.3. The van der Waals surface area contributed by atoms with Crippen molar-refractivity contribution in [3.05, 3.63) is 124 Å². The number of carbonyl (C=O) groups is 1. The quantitative estimate of drug-likeness (QED) is 0.174. The fraction of sp³-hybridized carbons (Fsp3) is 0.118. The Morgan fingerprint density at radius 2 is 1.43 bits per heavy atom. The van der Waals surface area contributed by atoms with Crippen molar-refractivity contribution in [2.45, 2.75) is 18.7 Å². The molecule has 6 heteroatoms. The molecule has 4 aromatic rings. The first kappa shape index (κ1) is 26.2. The van der Waals surface area contributed by atoms with Crippen LogP contribution in [0.25, 0.3) is 22.9 Å². The molecule has 2 aliphatic heterocycles. The average Bonchev–Trinajstić information content (AvgIpc) is 3.52. The van der Waals surface area contributed by atoms with Gasteiger partial charge in [0.15, 0.2) is 5.17 Å². The van der Waals surface area contributed by atoms with Gasteiger partial charge in [0.1, 0.15) is 0 Å². The van der Waals surface area contributed by atoms with E-state index in [1.807, 2.05) is 43.3 Å². The first-order chi connectivity index (χ1) is 19.6. The number of nitrogens with zero attached hydrogens (tertiary/aromatic N) is 3. The molecular weight excluding hydrogens is 531 g/mol. The van der Waals surface area contributed by atoms with Crippen LogP contribution in [0.4, 0.5) is 11.4 Å². The number of rotatable bonds is 6. The molecule has 2 aliphatic rings. The Morgan fingerprint density at radius 1 is 0.725 bits per heavy atom. The SMILES string of the molecule is CCN1C(=O)/C(=C/C=C2\Sc3c(ccc4ccccc34)N2CC)SC1=Nc1ccc(/C=C/c2ccccc2)cc1. The highest BCUT2D eigenvalue weighted by Crippen LogP contribution is 2.49. The highest BCUT2D eigenvalue weighted by Gasteiger charge is 2.32. The zero-order valence-electron chi connectivity index (χ0n) is 22.5. The molecule has 0 unspecified atom stereocenters. The molecule has 1 fully saturated rings. The maximum Gasteiger partial charge on any atom is 0.266 e. The van der Waals surface area contributed by atoms with Crippen LogP contribution in [0.3, 0.4) is 0 Å². The second kappa shape index (κ2) is 11.6. The second-order valence-corrected chi connectivity index (χ2v) is 11.4. The molecular formula is C34H29N3OS2. The fourth-order valence-corrected chi connectivity index (χ4v) is 7.10. The molecule has 0 atom stereocenters. The van der Waals surface area contributed by atoms with E-state index >= 15 is 0 Å². The van der Waals surface area contributed by atoms with Crippen molar-refractivity contribution < 1.29 is 4.79 Å². The van der Waals surface area contributed by atoms with Gasteiger partial charge in [-0.15, -0.1) is 0 Å². The van der Waals surface area contributed by atoms with Gasteiger partial charge in [0, 0.05) is 18.0 Å². The zero-order chi connectivity index (χ0) is 27.5. The van der Waals surface area contributed by atoms with E-state index in [-0.39, 0.29) is 5.91 Å². The summed E-state index contributed by atoms with van der Waals surface area (Å²) in [4.78, 5) is 24.1. The number of amides is 1. The Morgan fingerprint density at radius 3 is 2.17 bits per heavy atom. The summed E-state index contributed by atoms with van der Waals surface area (Å²) in [5, 5.41) is 4.34. The predicted octanol–water partition coefficient (Wildman–Crippen LogP) is 8.95. The molecule has 1 amide bonds. The minimum Gasteiger partial charge on any atom is -0.335 e. The number of aliphatic imine (C=N–C) groups is 1. The van der Waals surface area contributed by atoms with E-state index in [4.69, 9.17) is 4.99 Å². The number of benzene rings is 4. The van der Waals surface area contributed by atoms with Crippen molar-refractivity contribution in [3.63, 3.8) is 0 Å². The Bertz CT molecular complexity index is 1690. The van der Waals surface area contributed by atoms with Gasteiger partial charge in [-0.1, -0.05) is 96.7 Å². The topological polar surface area (TPSA) is 35.9 Å². The van der Waals surface area contributed by atoms with Gasteiger partial charge < -0.3 is 4.90 Å². The van der Waals surface area contributed by atoms with Crippen LogP contribution < -0.4 is 4.90 Å². The molecule has 1 saturated heterocycles. The largest absolute Gasteiger partial charge is 0.335 e. The van der Waals surface area contributed by atoms with Gasteiger partial charge in [-0.2, -0.15) is 0 Å². The van der Waals surface area contributed by atoms with Crippen LogP contribution in [0, 0.1) is 0 Å². The molecule has 4 aromatic carbocycles. The lowest BCUT2D eigenvalue weighted by atomic mass is 10.1. The summed E-state index contributed by atoms with van der Waals surface area (Å²) in [5.41, 5.74) is 4.32. The number of hydrogen-bond donors (Lipinski definition) is 0. The summed E-state index contributed by atoms with van der Waals surface area (Å²) in [6.45, 7) is 5.58. The van der Waals surface area contributed by atoms with Crippen LogP contribution >= 0.6 is 23.5 Å². The number of likely N-dealkylation sites (N-methyl/N-ethyl adjacent to an activating group) is 1.